The lowest BCUT2D eigenvalue weighted by molar-refractivity contribution is 0.111. The van der Waals surface area contributed by atoms with Crippen LogP contribution in [-0.2, 0) is 12.8 Å². The van der Waals surface area contributed by atoms with Crippen molar-refractivity contribution in [1.29, 1.82) is 0 Å². The number of imidazole rings is 1. The number of aryl methyl sites for hydroxylation is 3. The van der Waals surface area contributed by atoms with Gasteiger partial charge >= 0.3 is 0 Å². The van der Waals surface area contributed by atoms with Gasteiger partial charge in [0.05, 0.1) is 0 Å². The van der Waals surface area contributed by atoms with Gasteiger partial charge in [0.15, 0.2) is 6.29 Å². The minimum Gasteiger partial charge on any atom is -0.361 e. The van der Waals surface area contributed by atoms with Crippen LogP contribution in [0.25, 0.3) is 10.9 Å². The van der Waals surface area contributed by atoms with E-state index < -0.39 is 0 Å². The number of aromatic amines is 2. The molecule has 1 aromatic carbocycles. The summed E-state index contributed by atoms with van der Waals surface area (Å²) in [5.74, 6) is 0.788. The van der Waals surface area contributed by atoms with Crippen LogP contribution < -0.4 is 0 Å². The quantitative estimate of drug-likeness (QED) is 0.702. The number of fused-ring (bicyclic) bond motifs is 1. The predicted molar refractivity (Wildman–Crippen MR) is 74.4 cm³/mol. The van der Waals surface area contributed by atoms with Gasteiger partial charge in [-0.2, -0.15) is 0 Å². The standard InChI is InChI=1S/C15H15N3O/c1-10-17-14(15(9-19)18-10)7-6-11-8-16-13-5-3-2-4-12(11)13/h2-5,8-9,16H,6-7H2,1H3,(H,17,18). The van der Waals surface area contributed by atoms with Crippen molar-refractivity contribution < 1.29 is 4.79 Å². The van der Waals surface area contributed by atoms with Crippen LogP contribution in [0.5, 0.6) is 0 Å². The molecule has 3 rings (SSSR count). The normalized spacial score (nSPS) is 11.0. The van der Waals surface area contributed by atoms with Gasteiger partial charge in [0.1, 0.15) is 11.5 Å². The van der Waals surface area contributed by atoms with E-state index in [-0.39, 0.29) is 0 Å². The maximum atomic E-state index is 10.9. The summed E-state index contributed by atoms with van der Waals surface area (Å²) in [5.41, 5.74) is 3.85. The molecule has 19 heavy (non-hydrogen) atoms. The van der Waals surface area contributed by atoms with E-state index in [2.05, 4.69) is 27.1 Å². The largest absolute Gasteiger partial charge is 0.361 e. The number of benzene rings is 1. The SMILES string of the molecule is Cc1nc(C=O)c(CCc2c[nH]c3ccccc23)[nH]1. The smallest absolute Gasteiger partial charge is 0.170 e. The molecule has 0 aliphatic rings. The third-order valence-corrected chi connectivity index (χ3v) is 3.36. The van der Waals surface area contributed by atoms with Crippen LogP contribution in [0, 0.1) is 6.92 Å². The minimum absolute atomic E-state index is 0.525. The lowest BCUT2D eigenvalue weighted by Crippen LogP contribution is -1.95. The Kier molecular flexibility index (Phi) is 2.91. The second-order valence-corrected chi connectivity index (χ2v) is 4.66. The Morgan fingerprint density at radius 3 is 2.95 bits per heavy atom. The molecular formula is C15H15N3O. The first-order chi connectivity index (χ1) is 9.28. The maximum Gasteiger partial charge on any atom is 0.170 e. The first-order valence-corrected chi connectivity index (χ1v) is 6.33. The average Bonchev–Trinajstić information content (AvgIpc) is 2.99. The van der Waals surface area contributed by atoms with Crippen molar-refractivity contribution >= 4 is 17.2 Å². The minimum atomic E-state index is 0.525. The number of para-hydroxylation sites is 1. The van der Waals surface area contributed by atoms with Crippen molar-refractivity contribution in [2.45, 2.75) is 19.8 Å². The number of aromatic nitrogens is 3. The summed E-state index contributed by atoms with van der Waals surface area (Å²) >= 11 is 0. The zero-order chi connectivity index (χ0) is 13.2. The highest BCUT2D eigenvalue weighted by atomic mass is 16.1. The van der Waals surface area contributed by atoms with Crippen molar-refractivity contribution in [3.05, 3.63) is 53.2 Å². The lowest BCUT2D eigenvalue weighted by atomic mass is 10.1. The zero-order valence-electron chi connectivity index (χ0n) is 10.7. The third kappa shape index (κ3) is 2.17. The number of H-pyrrole nitrogens is 2. The zero-order valence-corrected chi connectivity index (χ0v) is 10.7. The molecule has 0 fully saturated rings. The number of hydrogen-bond donors (Lipinski definition) is 2. The molecule has 0 bridgehead atoms. The van der Waals surface area contributed by atoms with Crippen LogP contribution in [0.2, 0.25) is 0 Å². The van der Waals surface area contributed by atoms with Gasteiger partial charge in [-0.1, -0.05) is 18.2 Å². The first-order valence-electron chi connectivity index (χ1n) is 6.33. The summed E-state index contributed by atoms with van der Waals surface area (Å²) in [5, 5.41) is 1.24. The van der Waals surface area contributed by atoms with Gasteiger partial charge in [-0.25, -0.2) is 4.98 Å². The summed E-state index contributed by atoms with van der Waals surface area (Å²) in [6.07, 6.45) is 4.52. The molecule has 96 valence electrons. The predicted octanol–water partition coefficient (Wildman–Crippen LogP) is 2.80. The molecule has 2 aromatic heterocycles. The van der Waals surface area contributed by atoms with Gasteiger partial charge in [0.2, 0.25) is 0 Å². The van der Waals surface area contributed by atoms with Crippen molar-refractivity contribution in [2.75, 3.05) is 0 Å². The average molecular weight is 253 g/mol. The number of aldehydes is 1. The highest BCUT2D eigenvalue weighted by molar-refractivity contribution is 5.83. The summed E-state index contributed by atoms with van der Waals surface area (Å²) in [6, 6.07) is 8.23. The van der Waals surface area contributed by atoms with Gasteiger partial charge in [0.25, 0.3) is 0 Å². The fourth-order valence-corrected chi connectivity index (χ4v) is 2.44. The second-order valence-electron chi connectivity index (χ2n) is 4.66. The van der Waals surface area contributed by atoms with Crippen LogP contribution in [0.4, 0.5) is 0 Å². The molecule has 4 nitrogen and oxygen atoms in total. The van der Waals surface area contributed by atoms with E-state index in [1.807, 2.05) is 25.3 Å². The third-order valence-electron chi connectivity index (χ3n) is 3.36. The Hall–Kier alpha value is -2.36. The van der Waals surface area contributed by atoms with Crippen LogP contribution in [0.1, 0.15) is 27.6 Å². The van der Waals surface area contributed by atoms with Crippen molar-refractivity contribution in [3.63, 3.8) is 0 Å². The maximum absolute atomic E-state index is 10.9. The van der Waals surface area contributed by atoms with Crippen molar-refractivity contribution in [2.24, 2.45) is 0 Å². The van der Waals surface area contributed by atoms with E-state index in [1.165, 1.54) is 10.9 Å². The van der Waals surface area contributed by atoms with E-state index in [1.54, 1.807) is 0 Å². The van der Waals surface area contributed by atoms with Crippen LogP contribution in [0.15, 0.2) is 30.5 Å². The molecule has 0 saturated heterocycles. The Morgan fingerprint density at radius 2 is 2.11 bits per heavy atom. The highest BCUT2D eigenvalue weighted by Crippen LogP contribution is 2.19. The Morgan fingerprint density at radius 1 is 1.26 bits per heavy atom. The molecule has 0 spiro atoms. The molecule has 0 saturated carbocycles. The van der Waals surface area contributed by atoms with E-state index in [4.69, 9.17) is 0 Å². The summed E-state index contributed by atoms with van der Waals surface area (Å²) < 4.78 is 0. The Labute approximate surface area is 110 Å². The van der Waals surface area contributed by atoms with Gasteiger partial charge in [-0.3, -0.25) is 4.79 Å². The molecule has 0 amide bonds. The highest BCUT2D eigenvalue weighted by Gasteiger charge is 2.09. The Bertz CT molecular complexity index is 724. The van der Waals surface area contributed by atoms with E-state index >= 15 is 0 Å². The number of carbonyl (C=O) groups excluding carboxylic acids is 1. The number of nitrogens with one attached hydrogen (secondary N) is 2. The molecular weight excluding hydrogens is 238 g/mol. The number of nitrogens with zero attached hydrogens (tertiary/aromatic N) is 1. The molecule has 3 aromatic rings. The van der Waals surface area contributed by atoms with Crippen LogP contribution in [0.3, 0.4) is 0 Å². The fraction of sp³-hybridized carbons (Fsp3) is 0.200. The molecule has 0 unspecified atom stereocenters. The molecule has 2 N–H and O–H groups in total. The Balaban J connectivity index is 1.84. The van der Waals surface area contributed by atoms with E-state index in [0.29, 0.717) is 5.69 Å². The van der Waals surface area contributed by atoms with Gasteiger partial charge in [-0.05, 0) is 31.4 Å². The van der Waals surface area contributed by atoms with Gasteiger partial charge in [0, 0.05) is 22.8 Å². The summed E-state index contributed by atoms with van der Waals surface area (Å²) in [4.78, 5) is 21.5. The second kappa shape index (κ2) is 4.72. The van der Waals surface area contributed by atoms with Gasteiger partial charge < -0.3 is 9.97 Å². The molecule has 0 atom stereocenters. The molecule has 2 heterocycles. The fourth-order valence-electron chi connectivity index (χ4n) is 2.44. The molecule has 0 radical (unpaired) electrons. The van der Waals surface area contributed by atoms with E-state index in [9.17, 15) is 4.79 Å². The van der Waals surface area contributed by atoms with Gasteiger partial charge in [-0.15, -0.1) is 0 Å². The monoisotopic (exact) mass is 253 g/mol. The summed E-state index contributed by atoms with van der Waals surface area (Å²) in [6.45, 7) is 1.86. The number of rotatable bonds is 4. The topological polar surface area (TPSA) is 61.5 Å². The van der Waals surface area contributed by atoms with Crippen molar-refractivity contribution in [1.82, 2.24) is 15.0 Å². The first kappa shape index (κ1) is 11.7. The molecule has 0 aliphatic heterocycles. The molecule has 0 aliphatic carbocycles. The van der Waals surface area contributed by atoms with Crippen LogP contribution in [-0.4, -0.2) is 21.2 Å². The number of hydrogen-bond acceptors (Lipinski definition) is 2. The van der Waals surface area contributed by atoms with Crippen LogP contribution >= 0.6 is 0 Å². The lowest BCUT2D eigenvalue weighted by Gasteiger charge is -1.99. The summed E-state index contributed by atoms with van der Waals surface area (Å²) in [7, 11) is 0. The van der Waals surface area contributed by atoms with E-state index in [0.717, 1.165) is 36.2 Å². The van der Waals surface area contributed by atoms with Crippen molar-refractivity contribution in [3.8, 4) is 0 Å². The number of carbonyl (C=O) groups is 1. The molecule has 4 heteroatoms.